The number of allylic oxidation sites excluding steroid dienone is 1. The van der Waals surface area contributed by atoms with Crippen LogP contribution in [0.15, 0.2) is 48.2 Å². The molecule has 186 valence electrons. The Morgan fingerprint density at radius 3 is 2.23 bits per heavy atom. The minimum absolute atomic E-state index is 0.0262. The van der Waals surface area contributed by atoms with Crippen molar-refractivity contribution in [2.45, 2.75) is 65.5 Å². The number of rotatable bonds is 12. The number of hydrogen-bond acceptors (Lipinski definition) is 4. The Labute approximate surface area is 210 Å². The van der Waals surface area contributed by atoms with E-state index in [0.717, 1.165) is 53.5 Å². The third-order valence-corrected chi connectivity index (χ3v) is 6.51. The van der Waals surface area contributed by atoms with Crippen LogP contribution in [-0.4, -0.2) is 44.8 Å². The minimum Gasteiger partial charge on any atom is -0.492 e. The summed E-state index contributed by atoms with van der Waals surface area (Å²) in [5.41, 5.74) is 5.09. The lowest BCUT2D eigenvalue weighted by atomic mass is 9.82. The quantitative estimate of drug-likeness (QED) is 0.182. The number of benzene rings is 2. The maximum atomic E-state index is 12.7. The van der Waals surface area contributed by atoms with Crippen molar-refractivity contribution in [3.8, 4) is 0 Å². The van der Waals surface area contributed by atoms with Gasteiger partial charge < -0.3 is 19.3 Å². The largest absolute Gasteiger partial charge is 0.492 e. The maximum absolute atomic E-state index is 12.7. The molecule has 1 aliphatic carbocycles. The summed E-state index contributed by atoms with van der Waals surface area (Å²) in [5.74, 6) is -0.335. The first-order chi connectivity index (χ1) is 16.9. The molecule has 0 aliphatic heterocycles. The third-order valence-electron chi connectivity index (χ3n) is 6.51. The third kappa shape index (κ3) is 7.71. The summed E-state index contributed by atoms with van der Waals surface area (Å²) >= 11 is 0. The lowest BCUT2D eigenvalue weighted by Crippen LogP contribution is -2.26. The fourth-order valence-electron chi connectivity index (χ4n) is 4.99. The standard InChI is InChI=1S/C29H37BO5/c1-20-17-21(2)26(22(3)18-20)27(29(31)32)28(35-19-23-7-5-4-6-8-23)24-9-11-25(12-10-24)34-16-15-33-14-13-30/h4-8,17-18,24-25H,9-16,19H2,1-3H3,(H,31,32)/b28-27+. The molecule has 3 rings (SSSR count). The summed E-state index contributed by atoms with van der Waals surface area (Å²) in [6.45, 7) is 7.95. The summed E-state index contributed by atoms with van der Waals surface area (Å²) in [7, 11) is 5.45. The van der Waals surface area contributed by atoms with Gasteiger partial charge in [-0.05, 0) is 68.7 Å². The van der Waals surface area contributed by atoms with Crippen LogP contribution in [0.4, 0.5) is 0 Å². The topological polar surface area (TPSA) is 65.0 Å². The molecule has 2 radical (unpaired) electrons. The Morgan fingerprint density at radius 1 is 0.971 bits per heavy atom. The van der Waals surface area contributed by atoms with Crippen molar-refractivity contribution in [1.82, 2.24) is 0 Å². The van der Waals surface area contributed by atoms with Crippen LogP contribution in [0, 0.1) is 26.7 Å². The number of carboxylic acids is 1. The molecule has 35 heavy (non-hydrogen) atoms. The summed E-state index contributed by atoms with van der Waals surface area (Å²) in [6, 6.07) is 14.0. The molecule has 1 fully saturated rings. The zero-order valence-electron chi connectivity index (χ0n) is 21.2. The molecule has 5 nitrogen and oxygen atoms in total. The molecule has 0 bridgehead atoms. The Morgan fingerprint density at radius 2 is 1.63 bits per heavy atom. The van der Waals surface area contributed by atoms with Gasteiger partial charge in [-0.15, -0.1) is 0 Å². The van der Waals surface area contributed by atoms with E-state index in [-0.39, 0.29) is 17.6 Å². The van der Waals surface area contributed by atoms with E-state index in [4.69, 9.17) is 22.1 Å². The van der Waals surface area contributed by atoms with E-state index in [2.05, 4.69) is 0 Å². The Hall–Kier alpha value is -2.57. The fraction of sp³-hybridized carbons (Fsp3) is 0.483. The number of carboxylic acid groups (broad SMARTS) is 1. The Bertz CT molecular complexity index is 970. The smallest absolute Gasteiger partial charge is 0.339 e. The maximum Gasteiger partial charge on any atom is 0.339 e. The second-order valence-electron chi connectivity index (χ2n) is 9.34. The molecule has 1 saturated carbocycles. The first kappa shape index (κ1) is 27.0. The van der Waals surface area contributed by atoms with Crippen LogP contribution in [0.3, 0.4) is 0 Å². The normalized spacial score (nSPS) is 18.7. The SMILES string of the molecule is [B]CCOCCOC1CCC(/C(OCc2ccccc2)=C(\C(=O)O)c2c(C)cc(C)cc2C)CC1. The molecule has 0 heterocycles. The number of ether oxygens (including phenoxy) is 3. The van der Waals surface area contributed by atoms with Gasteiger partial charge in [0.2, 0.25) is 0 Å². The van der Waals surface area contributed by atoms with Crippen molar-refractivity contribution in [2.75, 3.05) is 19.8 Å². The monoisotopic (exact) mass is 476 g/mol. The second kappa shape index (κ2) is 13.5. The lowest BCUT2D eigenvalue weighted by Gasteiger charge is -2.31. The fourth-order valence-corrected chi connectivity index (χ4v) is 4.99. The van der Waals surface area contributed by atoms with Crippen molar-refractivity contribution < 1.29 is 24.1 Å². The summed E-state index contributed by atoms with van der Waals surface area (Å²) in [6.07, 6.45) is 4.02. The van der Waals surface area contributed by atoms with Gasteiger partial charge in [0.1, 0.15) is 17.9 Å². The van der Waals surface area contributed by atoms with E-state index < -0.39 is 5.97 Å². The average molecular weight is 476 g/mol. The van der Waals surface area contributed by atoms with Crippen LogP contribution in [0.5, 0.6) is 0 Å². The van der Waals surface area contributed by atoms with Crippen LogP contribution in [0.1, 0.15) is 53.5 Å². The van der Waals surface area contributed by atoms with Gasteiger partial charge in [0, 0.05) is 12.5 Å². The van der Waals surface area contributed by atoms with Crippen LogP contribution in [0.2, 0.25) is 6.32 Å². The first-order valence-electron chi connectivity index (χ1n) is 12.5. The van der Waals surface area contributed by atoms with Crippen LogP contribution in [0.25, 0.3) is 5.57 Å². The van der Waals surface area contributed by atoms with Gasteiger partial charge in [0.05, 0.1) is 27.2 Å². The van der Waals surface area contributed by atoms with Gasteiger partial charge in [-0.25, -0.2) is 4.79 Å². The van der Waals surface area contributed by atoms with Gasteiger partial charge in [0.15, 0.2) is 0 Å². The molecule has 0 unspecified atom stereocenters. The van der Waals surface area contributed by atoms with Crippen LogP contribution >= 0.6 is 0 Å². The van der Waals surface area contributed by atoms with Crippen LogP contribution in [-0.2, 0) is 25.6 Å². The molecule has 0 aromatic heterocycles. The number of carbonyl (C=O) groups is 1. The number of hydrogen-bond donors (Lipinski definition) is 1. The zero-order valence-corrected chi connectivity index (χ0v) is 21.2. The molecule has 0 spiro atoms. The molecule has 1 aliphatic rings. The molecule has 0 amide bonds. The summed E-state index contributed by atoms with van der Waals surface area (Å²) in [4.78, 5) is 12.7. The van der Waals surface area contributed by atoms with E-state index in [1.807, 2.05) is 63.2 Å². The van der Waals surface area contributed by atoms with Crippen molar-refractivity contribution in [3.63, 3.8) is 0 Å². The Kier molecular flexibility index (Phi) is 10.4. The van der Waals surface area contributed by atoms with E-state index in [1.54, 1.807) is 0 Å². The average Bonchev–Trinajstić information content (AvgIpc) is 2.83. The first-order valence-corrected chi connectivity index (χ1v) is 12.5. The molecule has 6 heteroatoms. The lowest BCUT2D eigenvalue weighted by molar-refractivity contribution is -0.130. The molecular formula is C29H37BO5. The van der Waals surface area contributed by atoms with Crippen molar-refractivity contribution in [2.24, 2.45) is 5.92 Å². The Balaban J connectivity index is 1.85. The van der Waals surface area contributed by atoms with E-state index in [9.17, 15) is 9.90 Å². The highest BCUT2D eigenvalue weighted by molar-refractivity contribution is 6.17. The molecule has 1 N–H and O–H groups in total. The highest BCUT2D eigenvalue weighted by atomic mass is 16.5. The summed E-state index contributed by atoms with van der Waals surface area (Å²) < 4.78 is 17.8. The molecule has 0 atom stereocenters. The van der Waals surface area contributed by atoms with E-state index >= 15 is 0 Å². The zero-order chi connectivity index (χ0) is 25.2. The van der Waals surface area contributed by atoms with E-state index in [0.29, 0.717) is 38.5 Å². The second-order valence-corrected chi connectivity index (χ2v) is 9.34. The molecule has 2 aromatic carbocycles. The van der Waals surface area contributed by atoms with Gasteiger partial charge in [-0.3, -0.25) is 0 Å². The van der Waals surface area contributed by atoms with Gasteiger partial charge in [-0.2, -0.15) is 0 Å². The number of aryl methyl sites for hydroxylation is 3. The van der Waals surface area contributed by atoms with Crippen molar-refractivity contribution in [3.05, 3.63) is 76.0 Å². The van der Waals surface area contributed by atoms with Crippen LogP contribution < -0.4 is 0 Å². The van der Waals surface area contributed by atoms with E-state index in [1.165, 1.54) is 0 Å². The summed E-state index contributed by atoms with van der Waals surface area (Å²) in [5, 5.41) is 10.4. The molecule has 0 saturated heterocycles. The van der Waals surface area contributed by atoms with Gasteiger partial charge >= 0.3 is 5.97 Å². The highest BCUT2D eigenvalue weighted by Crippen LogP contribution is 2.38. The van der Waals surface area contributed by atoms with Gasteiger partial charge in [-0.1, -0.05) is 54.3 Å². The van der Waals surface area contributed by atoms with Crippen molar-refractivity contribution >= 4 is 19.4 Å². The highest BCUT2D eigenvalue weighted by Gasteiger charge is 2.31. The predicted octanol–water partition coefficient (Wildman–Crippen LogP) is 5.80. The minimum atomic E-state index is -0.946. The molecule has 2 aromatic rings. The molecular weight excluding hydrogens is 439 g/mol. The van der Waals surface area contributed by atoms with Crippen molar-refractivity contribution in [1.29, 1.82) is 0 Å². The predicted molar refractivity (Wildman–Crippen MR) is 140 cm³/mol. The van der Waals surface area contributed by atoms with Gasteiger partial charge in [0.25, 0.3) is 0 Å². The number of aliphatic carboxylic acids is 1.